The Kier molecular flexibility index (Phi) is 4.79. The third-order valence-electron chi connectivity index (χ3n) is 6.18. The zero-order valence-corrected chi connectivity index (χ0v) is 16.5. The molecule has 160 valence electrons. The average Bonchev–Trinajstić information content (AvgIpc) is 3.41. The van der Waals surface area contributed by atoms with Crippen LogP contribution in [-0.4, -0.2) is 25.7 Å². The van der Waals surface area contributed by atoms with Gasteiger partial charge in [-0.25, -0.2) is 14.4 Å². The number of rotatable bonds is 3. The van der Waals surface area contributed by atoms with Gasteiger partial charge in [0.25, 0.3) is 0 Å². The molecule has 0 saturated heterocycles. The monoisotopic (exact) mass is 428 g/mol. The number of alkyl halides is 3. The number of aromatic nitrogens is 4. The molecule has 5 rings (SSSR count). The Morgan fingerprint density at radius 1 is 0.935 bits per heavy atom. The molecule has 8 heteroatoms. The molecule has 31 heavy (non-hydrogen) atoms. The Morgan fingerprint density at radius 2 is 1.68 bits per heavy atom. The van der Waals surface area contributed by atoms with Crippen LogP contribution in [0.2, 0.25) is 0 Å². The Hall–Kier alpha value is -3.16. The molecule has 0 radical (unpaired) electrons. The van der Waals surface area contributed by atoms with Crippen LogP contribution in [0.5, 0.6) is 0 Å². The lowest BCUT2D eigenvalue weighted by molar-refractivity contribution is -0.183. The minimum atomic E-state index is -4.15. The zero-order chi connectivity index (χ0) is 21.6. The van der Waals surface area contributed by atoms with Crippen molar-refractivity contribution in [3.8, 4) is 22.5 Å². The van der Waals surface area contributed by atoms with Crippen molar-refractivity contribution in [1.82, 2.24) is 19.5 Å². The van der Waals surface area contributed by atoms with Crippen LogP contribution in [0.3, 0.4) is 0 Å². The van der Waals surface area contributed by atoms with Crippen LogP contribution < -0.4 is 0 Å². The third kappa shape index (κ3) is 3.60. The highest BCUT2D eigenvalue weighted by molar-refractivity contribution is 5.95. The number of pyridine rings is 1. The summed E-state index contributed by atoms with van der Waals surface area (Å²) in [5.41, 5.74) is 3.84. The Labute approximate surface area is 176 Å². The van der Waals surface area contributed by atoms with Gasteiger partial charge in [0.1, 0.15) is 11.5 Å². The minimum Gasteiger partial charge on any atom is -0.346 e. The molecule has 0 aliphatic heterocycles. The highest BCUT2D eigenvalue weighted by Gasteiger charge is 2.42. The molecule has 1 saturated carbocycles. The summed E-state index contributed by atoms with van der Waals surface area (Å²) in [6.07, 6.45) is 2.11. The smallest absolute Gasteiger partial charge is 0.346 e. The van der Waals surface area contributed by atoms with Crippen LogP contribution in [-0.2, 0) is 0 Å². The topological polar surface area (TPSA) is 46.5 Å². The van der Waals surface area contributed by atoms with E-state index in [-0.39, 0.29) is 24.7 Å². The molecule has 1 aliphatic rings. The summed E-state index contributed by atoms with van der Waals surface area (Å²) in [5, 5.41) is 0.900. The molecule has 0 unspecified atom stereocenters. The van der Waals surface area contributed by atoms with Gasteiger partial charge in [0.2, 0.25) is 0 Å². The number of aromatic amines is 1. The van der Waals surface area contributed by atoms with E-state index in [1.165, 1.54) is 12.1 Å². The van der Waals surface area contributed by atoms with Gasteiger partial charge in [-0.2, -0.15) is 13.2 Å². The molecule has 0 amide bonds. The number of H-pyrrole nitrogens is 1. The molecule has 0 atom stereocenters. The standard InChI is InChI=1S/C23H20F4N4/c24-16-5-1-14(2-6-16)20-21(18-9-11-28-22-19(18)10-12-29-22)31(13-30-20)17-7-3-15(4-8-17)23(25,26)27/h1-2,5-6,9-13,15,17H,3-4,7-8H2,(H,28,29). The van der Waals surface area contributed by atoms with E-state index < -0.39 is 12.1 Å². The summed E-state index contributed by atoms with van der Waals surface area (Å²) in [4.78, 5) is 12.1. The van der Waals surface area contributed by atoms with Gasteiger partial charge in [-0.05, 0) is 62.1 Å². The minimum absolute atomic E-state index is 0.0857. The van der Waals surface area contributed by atoms with Crippen molar-refractivity contribution in [1.29, 1.82) is 0 Å². The van der Waals surface area contributed by atoms with Crippen LogP contribution in [0, 0.1) is 11.7 Å². The Morgan fingerprint density at radius 3 is 2.39 bits per heavy atom. The predicted octanol–water partition coefficient (Wildman–Crippen LogP) is 6.53. The summed E-state index contributed by atoms with van der Waals surface area (Å²) < 4.78 is 54.9. The highest BCUT2D eigenvalue weighted by atomic mass is 19.4. The normalized spacial score (nSPS) is 19.7. The van der Waals surface area contributed by atoms with Crippen LogP contribution in [0.15, 0.2) is 55.1 Å². The first-order valence-electron chi connectivity index (χ1n) is 10.2. The molecule has 4 aromatic rings. The fraction of sp³-hybridized carbons (Fsp3) is 0.304. The SMILES string of the molecule is Fc1ccc(-c2ncn(C3CCC(C(F)(F)F)CC3)c2-c2ccnc3[nH]ccc23)cc1. The van der Waals surface area contributed by atoms with Crippen molar-refractivity contribution in [2.45, 2.75) is 37.9 Å². The van der Waals surface area contributed by atoms with Crippen LogP contribution in [0.25, 0.3) is 33.5 Å². The summed E-state index contributed by atoms with van der Waals surface area (Å²) in [7, 11) is 0. The second-order valence-corrected chi connectivity index (χ2v) is 8.00. The first kappa shape index (κ1) is 19.8. The summed E-state index contributed by atoms with van der Waals surface area (Å²) in [5.74, 6) is -1.59. The lowest BCUT2D eigenvalue weighted by Gasteiger charge is -2.31. The number of nitrogens with one attached hydrogen (secondary N) is 1. The van der Waals surface area contributed by atoms with E-state index in [4.69, 9.17) is 0 Å². The maximum absolute atomic E-state index is 13.5. The van der Waals surface area contributed by atoms with E-state index in [9.17, 15) is 17.6 Å². The molecule has 1 fully saturated rings. The number of nitrogens with zero attached hydrogens (tertiary/aromatic N) is 3. The Bertz CT molecular complexity index is 1200. The summed E-state index contributed by atoms with van der Waals surface area (Å²) in [6.45, 7) is 0. The van der Waals surface area contributed by atoms with Gasteiger partial charge in [-0.15, -0.1) is 0 Å². The van der Waals surface area contributed by atoms with E-state index in [0.717, 1.165) is 27.9 Å². The molecule has 1 N–H and O–H groups in total. The van der Waals surface area contributed by atoms with Crippen molar-refractivity contribution < 1.29 is 17.6 Å². The van der Waals surface area contributed by atoms with Gasteiger partial charge >= 0.3 is 6.18 Å². The van der Waals surface area contributed by atoms with Crippen LogP contribution in [0.4, 0.5) is 17.6 Å². The molecular weight excluding hydrogens is 408 g/mol. The summed E-state index contributed by atoms with van der Waals surface area (Å²) in [6, 6.07) is 9.82. The van der Waals surface area contributed by atoms with Crippen molar-refractivity contribution in [3.63, 3.8) is 0 Å². The second-order valence-electron chi connectivity index (χ2n) is 8.00. The van der Waals surface area contributed by atoms with Crippen molar-refractivity contribution >= 4 is 11.0 Å². The number of fused-ring (bicyclic) bond motifs is 1. The molecule has 3 heterocycles. The van der Waals surface area contributed by atoms with E-state index in [1.807, 2.05) is 16.7 Å². The number of imidazole rings is 1. The number of hydrogen-bond donors (Lipinski definition) is 1. The molecule has 3 aromatic heterocycles. The highest BCUT2D eigenvalue weighted by Crippen LogP contribution is 2.44. The lowest BCUT2D eigenvalue weighted by atomic mass is 9.85. The molecule has 4 nitrogen and oxygen atoms in total. The largest absolute Gasteiger partial charge is 0.391 e. The lowest BCUT2D eigenvalue weighted by Crippen LogP contribution is -2.28. The van der Waals surface area contributed by atoms with Gasteiger partial charge < -0.3 is 9.55 Å². The van der Waals surface area contributed by atoms with Gasteiger partial charge in [-0.3, -0.25) is 0 Å². The molecular formula is C23H20F4N4. The van der Waals surface area contributed by atoms with E-state index in [0.29, 0.717) is 18.5 Å². The van der Waals surface area contributed by atoms with E-state index >= 15 is 0 Å². The maximum atomic E-state index is 13.5. The maximum Gasteiger partial charge on any atom is 0.391 e. The molecule has 1 aromatic carbocycles. The quantitative estimate of drug-likeness (QED) is 0.377. The second kappa shape index (κ2) is 7.51. The predicted molar refractivity (Wildman–Crippen MR) is 110 cm³/mol. The fourth-order valence-electron chi connectivity index (χ4n) is 4.57. The number of halogens is 4. The Balaban J connectivity index is 1.61. The first-order valence-corrected chi connectivity index (χ1v) is 10.2. The van der Waals surface area contributed by atoms with E-state index in [1.54, 1.807) is 30.9 Å². The van der Waals surface area contributed by atoms with Gasteiger partial charge in [-0.1, -0.05) is 0 Å². The summed E-state index contributed by atoms with van der Waals surface area (Å²) >= 11 is 0. The first-order chi connectivity index (χ1) is 14.9. The molecule has 0 bridgehead atoms. The van der Waals surface area contributed by atoms with Gasteiger partial charge in [0.15, 0.2) is 0 Å². The fourth-order valence-corrected chi connectivity index (χ4v) is 4.57. The van der Waals surface area contributed by atoms with Crippen LogP contribution >= 0.6 is 0 Å². The van der Waals surface area contributed by atoms with Crippen molar-refractivity contribution in [2.75, 3.05) is 0 Å². The molecule has 1 aliphatic carbocycles. The van der Waals surface area contributed by atoms with Crippen molar-refractivity contribution in [2.24, 2.45) is 5.92 Å². The zero-order valence-electron chi connectivity index (χ0n) is 16.5. The molecule has 0 spiro atoms. The van der Waals surface area contributed by atoms with Gasteiger partial charge in [0.05, 0.1) is 23.6 Å². The van der Waals surface area contributed by atoms with Crippen LogP contribution in [0.1, 0.15) is 31.7 Å². The number of benzene rings is 1. The number of hydrogen-bond acceptors (Lipinski definition) is 2. The third-order valence-corrected chi connectivity index (χ3v) is 6.18. The average molecular weight is 428 g/mol. The van der Waals surface area contributed by atoms with Crippen molar-refractivity contribution in [3.05, 3.63) is 60.9 Å². The van der Waals surface area contributed by atoms with Gasteiger partial charge in [0, 0.05) is 34.9 Å². The van der Waals surface area contributed by atoms with E-state index in [2.05, 4.69) is 15.0 Å².